The average Bonchev–Trinajstić information content (AvgIpc) is 2.78. The highest BCUT2D eigenvalue weighted by atomic mass is 32.2. The molecular weight excluding hydrogens is 418 g/mol. The van der Waals surface area contributed by atoms with E-state index in [1.54, 1.807) is 38.1 Å². The van der Waals surface area contributed by atoms with Crippen LogP contribution in [0.2, 0.25) is 0 Å². The molecule has 0 spiro atoms. The van der Waals surface area contributed by atoms with Crippen LogP contribution in [0, 0.1) is 5.41 Å². The summed E-state index contributed by atoms with van der Waals surface area (Å²) in [7, 11) is -3.89. The molecule has 0 saturated heterocycles. The van der Waals surface area contributed by atoms with E-state index >= 15 is 0 Å². The molecule has 31 heavy (non-hydrogen) atoms. The van der Waals surface area contributed by atoms with Gasteiger partial charge in [-0.25, -0.2) is 8.42 Å². The van der Waals surface area contributed by atoms with Crippen LogP contribution in [0.1, 0.15) is 20.8 Å². The highest BCUT2D eigenvalue weighted by Gasteiger charge is 2.37. The Kier molecular flexibility index (Phi) is 6.08. The predicted octanol–water partition coefficient (Wildman–Crippen LogP) is 3.38. The van der Waals surface area contributed by atoms with Gasteiger partial charge in [0.15, 0.2) is 0 Å². The fourth-order valence-electron chi connectivity index (χ4n) is 3.15. The summed E-state index contributed by atoms with van der Waals surface area (Å²) in [6.45, 7) is 9.15. The molecule has 9 heteroatoms. The summed E-state index contributed by atoms with van der Waals surface area (Å²) in [6, 6.07) is 10.6. The molecule has 0 bridgehead atoms. The molecule has 0 saturated carbocycles. The van der Waals surface area contributed by atoms with Gasteiger partial charge in [0, 0.05) is 19.2 Å². The summed E-state index contributed by atoms with van der Waals surface area (Å²) in [6.07, 6.45) is 1.61. The third kappa shape index (κ3) is 4.88. The molecule has 1 heterocycles. The highest BCUT2D eigenvalue weighted by molar-refractivity contribution is 7.92. The van der Waals surface area contributed by atoms with E-state index in [0.717, 1.165) is 0 Å². The summed E-state index contributed by atoms with van der Waals surface area (Å²) in [5.74, 6) is 0.103. The Labute approximate surface area is 181 Å². The zero-order valence-corrected chi connectivity index (χ0v) is 18.5. The topological polar surface area (TPSA) is 105 Å². The van der Waals surface area contributed by atoms with Crippen LogP contribution in [0.5, 0.6) is 5.75 Å². The SMILES string of the molecule is C=CCN1C(=O)C(C)(C)COc2ccc(NS(=O)(=O)c3ccc(NC(C)=O)cc3)cc21. The van der Waals surface area contributed by atoms with E-state index in [0.29, 0.717) is 17.1 Å². The maximum absolute atomic E-state index is 13.0. The quantitative estimate of drug-likeness (QED) is 0.666. The van der Waals surface area contributed by atoms with E-state index in [9.17, 15) is 18.0 Å². The summed E-state index contributed by atoms with van der Waals surface area (Å²) < 4.78 is 34.0. The number of fused-ring (bicyclic) bond motifs is 1. The number of amides is 2. The van der Waals surface area contributed by atoms with Crippen molar-refractivity contribution in [1.82, 2.24) is 0 Å². The second-order valence-electron chi connectivity index (χ2n) is 7.87. The molecule has 0 fully saturated rings. The maximum Gasteiger partial charge on any atom is 0.261 e. The van der Waals surface area contributed by atoms with Gasteiger partial charge in [0.1, 0.15) is 12.4 Å². The molecule has 0 unspecified atom stereocenters. The molecule has 3 rings (SSSR count). The maximum atomic E-state index is 13.0. The Morgan fingerprint density at radius 1 is 1.19 bits per heavy atom. The van der Waals surface area contributed by atoms with Crippen molar-refractivity contribution in [1.29, 1.82) is 0 Å². The first-order valence-corrected chi connectivity index (χ1v) is 11.1. The van der Waals surface area contributed by atoms with E-state index in [2.05, 4.69) is 16.6 Å². The molecule has 0 aromatic heterocycles. The number of benzene rings is 2. The number of carbonyl (C=O) groups excluding carboxylic acids is 2. The van der Waals surface area contributed by atoms with Crippen LogP contribution in [0.3, 0.4) is 0 Å². The lowest BCUT2D eigenvalue weighted by molar-refractivity contribution is -0.127. The summed E-state index contributed by atoms with van der Waals surface area (Å²) in [4.78, 5) is 25.7. The van der Waals surface area contributed by atoms with Crippen LogP contribution >= 0.6 is 0 Å². The number of nitrogens with one attached hydrogen (secondary N) is 2. The van der Waals surface area contributed by atoms with Gasteiger partial charge in [0.05, 0.1) is 21.7 Å². The van der Waals surface area contributed by atoms with Gasteiger partial charge in [-0.2, -0.15) is 0 Å². The Morgan fingerprint density at radius 3 is 2.45 bits per heavy atom. The number of anilines is 3. The van der Waals surface area contributed by atoms with Crippen molar-refractivity contribution in [3.05, 3.63) is 55.1 Å². The van der Waals surface area contributed by atoms with Crippen LogP contribution in [-0.2, 0) is 19.6 Å². The van der Waals surface area contributed by atoms with Gasteiger partial charge in [0.2, 0.25) is 11.8 Å². The monoisotopic (exact) mass is 443 g/mol. The minimum atomic E-state index is -3.89. The number of sulfonamides is 1. The van der Waals surface area contributed by atoms with Gasteiger partial charge in [0.25, 0.3) is 10.0 Å². The lowest BCUT2D eigenvalue weighted by Crippen LogP contribution is -2.42. The van der Waals surface area contributed by atoms with Gasteiger partial charge in [-0.1, -0.05) is 6.08 Å². The van der Waals surface area contributed by atoms with Crippen LogP contribution in [0.25, 0.3) is 0 Å². The van der Waals surface area contributed by atoms with Crippen LogP contribution < -0.4 is 19.7 Å². The zero-order valence-electron chi connectivity index (χ0n) is 17.6. The molecule has 2 aromatic rings. The molecule has 2 aromatic carbocycles. The number of rotatable bonds is 6. The fraction of sp³-hybridized carbons (Fsp3) is 0.273. The number of carbonyl (C=O) groups is 2. The van der Waals surface area contributed by atoms with Crippen LogP contribution in [0.15, 0.2) is 60.0 Å². The first-order chi connectivity index (χ1) is 14.5. The van der Waals surface area contributed by atoms with Gasteiger partial charge < -0.3 is 15.0 Å². The fourth-order valence-corrected chi connectivity index (χ4v) is 4.20. The van der Waals surface area contributed by atoms with Gasteiger partial charge in [-0.05, 0) is 56.3 Å². The molecule has 8 nitrogen and oxygen atoms in total. The second kappa shape index (κ2) is 8.43. The van der Waals surface area contributed by atoms with E-state index in [-0.39, 0.29) is 35.5 Å². The summed E-state index contributed by atoms with van der Waals surface area (Å²) in [5, 5.41) is 2.59. The Balaban J connectivity index is 1.91. The zero-order chi connectivity index (χ0) is 22.8. The van der Waals surface area contributed by atoms with Crippen LogP contribution in [-0.4, -0.2) is 33.4 Å². The normalized spacial score (nSPS) is 15.3. The second-order valence-corrected chi connectivity index (χ2v) is 9.55. The van der Waals surface area contributed by atoms with E-state index in [1.165, 1.54) is 36.1 Å². The van der Waals surface area contributed by atoms with Crippen molar-refractivity contribution in [2.45, 2.75) is 25.7 Å². The minimum Gasteiger partial charge on any atom is -0.490 e. The third-order valence-electron chi connectivity index (χ3n) is 4.71. The Bertz CT molecular complexity index is 1120. The summed E-state index contributed by atoms with van der Waals surface area (Å²) in [5.41, 5.74) is 0.513. The van der Waals surface area contributed by atoms with Crippen LogP contribution in [0.4, 0.5) is 17.1 Å². The van der Waals surface area contributed by atoms with Crippen molar-refractivity contribution in [2.24, 2.45) is 5.41 Å². The van der Waals surface area contributed by atoms with Gasteiger partial charge in [-0.3, -0.25) is 14.3 Å². The highest BCUT2D eigenvalue weighted by Crippen LogP contribution is 2.38. The molecule has 2 N–H and O–H groups in total. The molecule has 0 radical (unpaired) electrons. The van der Waals surface area contributed by atoms with Gasteiger partial charge >= 0.3 is 0 Å². The minimum absolute atomic E-state index is 0.0351. The third-order valence-corrected chi connectivity index (χ3v) is 6.11. The lowest BCUT2D eigenvalue weighted by Gasteiger charge is -2.27. The van der Waals surface area contributed by atoms with Crippen molar-refractivity contribution in [3.63, 3.8) is 0 Å². The predicted molar refractivity (Wildman–Crippen MR) is 120 cm³/mol. The Morgan fingerprint density at radius 2 is 1.84 bits per heavy atom. The molecule has 0 atom stereocenters. The average molecular weight is 444 g/mol. The van der Waals surface area contributed by atoms with Crippen molar-refractivity contribution >= 4 is 38.9 Å². The summed E-state index contributed by atoms with van der Waals surface area (Å²) >= 11 is 0. The smallest absolute Gasteiger partial charge is 0.261 e. The number of hydrogen-bond donors (Lipinski definition) is 2. The molecule has 2 amide bonds. The molecule has 1 aliphatic rings. The molecular formula is C22H25N3O5S. The van der Waals surface area contributed by atoms with Gasteiger partial charge in [-0.15, -0.1) is 6.58 Å². The largest absolute Gasteiger partial charge is 0.490 e. The number of ether oxygens (including phenoxy) is 1. The molecule has 0 aliphatic carbocycles. The number of hydrogen-bond acceptors (Lipinski definition) is 5. The standard InChI is InChI=1S/C22H25N3O5S/c1-5-12-25-19-13-17(8-11-20(19)30-14-22(3,4)21(25)27)24-31(28,29)18-9-6-16(7-10-18)23-15(2)26/h5-11,13,24H,1,12,14H2,2-4H3,(H,23,26). The van der Waals surface area contributed by atoms with Crippen molar-refractivity contribution < 1.29 is 22.7 Å². The first-order valence-electron chi connectivity index (χ1n) is 9.64. The van der Waals surface area contributed by atoms with E-state index < -0.39 is 15.4 Å². The molecule has 1 aliphatic heterocycles. The lowest BCUT2D eigenvalue weighted by atomic mass is 9.93. The van der Waals surface area contributed by atoms with E-state index in [1.807, 2.05) is 0 Å². The van der Waals surface area contributed by atoms with E-state index in [4.69, 9.17) is 4.74 Å². The van der Waals surface area contributed by atoms with Crippen molar-refractivity contribution in [2.75, 3.05) is 28.1 Å². The Hall–Kier alpha value is -3.33. The molecule has 164 valence electrons. The number of nitrogens with zero attached hydrogens (tertiary/aromatic N) is 1. The first kappa shape index (κ1) is 22.4. The van der Waals surface area contributed by atoms with Crippen molar-refractivity contribution in [3.8, 4) is 5.75 Å².